The van der Waals surface area contributed by atoms with Crippen molar-refractivity contribution < 1.29 is 4.39 Å². The number of aliphatic imine (C=N–C) groups is 1. The van der Waals surface area contributed by atoms with E-state index in [0.29, 0.717) is 5.25 Å². The third-order valence-corrected chi connectivity index (χ3v) is 5.62. The van der Waals surface area contributed by atoms with E-state index in [1.807, 2.05) is 18.0 Å². The maximum atomic E-state index is 13.4. The number of rotatable bonds is 6. The van der Waals surface area contributed by atoms with Crippen molar-refractivity contribution in [2.45, 2.75) is 31.4 Å². The maximum Gasteiger partial charge on any atom is 0.191 e. The van der Waals surface area contributed by atoms with E-state index in [0.717, 1.165) is 48.5 Å². The largest absolute Gasteiger partial charge is 0.361 e. The number of aromatic amines is 1. The van der Waals surface area contributed by atoms with Crippen LogP contribution >= 0.6 is 35.7 Å². The van der Waals surface area contributed by atoms with E-state index in [9.17, 15) is 4.39 Å². The van der Waals surface area contributed by atoms with Crippen LogP contribution in [0, 0.1) is 5.82 Å². The van der Waals surface area contributed by atoms with E-state index in [4.69, 9.17) is 4.99 Å². The first kappa shape index (κ1) is 20.4. The average molecular weight is 476 g/mol. The van der Waals surface area contributed by atoms with Crippen LogP contribution in [0.5, 0.6) is 0 Å². The molecule has 1 saturated heterocycles. The van der Waals surface area contributed by atoms with Crippen molar-refractivity contribution in [1.29, 1.82) is 0 Å². The molecule has 1 fully saturated rings. The second-order valence-corrected chi connectivity index (χ2v) is 7.44. The average Bonchev–Trinajstić information content (AvgIpc) is 3.22. The highest BCUT2D eigenvalue weighted by molar-refractivity contribution is 14.0. The number of nitrogens with one attached hydrogen (secondary N) is 3. The predicted molar refractivity (Wildman–Crippen MR) is 117 cm³/mol. The summed E-state index contributed by atoms with van der Waals surface area (Å²) < 4.78 is 13.4. The Morgan fingerprint density at radius 3 is 3.04 bits per heavy atom. The molecule has 2 aromatic rings. The number of thioether (sulfide) groups is 1. The summed E-state index contributed by atoms with van der Waals surface area (Å²) >= 11 is 2.02. The lowest BCUT2D eigenvalue weighted by atomic mass is 10.1. The quantitative estimate of drug-likeness (QED) is 0.337. The third kappa shape index (κ3) is 5.77. The van der Waals surface area contributed by atoms with Gasteiger partial charge in [0.25, 0.3) is 0 Å². The molecule has 4 nitrogen and oxygen atoms in total. The predicted octanol–water partition coefficient (Wildman–Crippen LogP) is 3.92. The van der Waals surface area contributed by atoms with Gasteiger partial charge in [0.2, 0.25) is 0 Å². The van der Waals surface area contributed by atoms with Crippen LogP contribution in [-0.4, -0.2) is 41.6 Å². The highest BCUT2D eigenvalue weighted by atomic mass is 127. The zero-order chi connectivity index (χ0) is 16.8. The Balaban J connectivity index is 0.00000225. The minimum Gasteiger partial charge on any atom is -0.361 e. The van der Waals surface area contributed by atoms with Crippen molar-refractivity contribution in [2.75, 3.05) is 25.4 Å². The molecule has 7 heteroatoms. The van der Waals surface area contributed by atoms with Gasteiger partial charge in [0.05, 0.1) is 6.54 Å². The summed E-state index contributed by atoms with van der Waals surface area (Å²) in [5, 5.41) is 8.30. The van der Waals surface area contributed by atoms with Gasteiger partial charge in [-0.2, -0.15) is 11.8 Å². The first-order valence-electron chi connectivity index (χ1n) is 8.65. The van der Waals surface area contributed by atoms with Gasteiger partial charge in [-0.25, -0.2) is 4.39 Å². The number of aromatic nitrogens is 1. The molecule has 3 N–H and O–H groups in total. The van der Waals surface area contributed by atoms with Gasteiger partial charge in [-0.3, -0.25) is 4.99 Å². The van der Waals surface area contributed by atoms with E-state index in [1.165, 1.54) is 24.7 Å². The standard InChI is InChI=1S/C18H25FN4S.HI/c1-2-20-18(23-12-15-4-3-9-24-15)21-8-7-13-11-22-17-6-5-14(19)10-16(13)17;/h5-6,10-11,15,22H,2-4,7-9,12H2,1H3,(H2,20,21,23);1H. The van der Waals surface area contributed by atoms with Gasteiger partial charge in [-0.1, -0.05) is 0 Å². The van der Waals surface area contributed by atoms with Crippen LogP contribution in [-0.2, 0) is 6.42 Å². The molecule has 1 aliphatic heterocycles. The molecule has 3 rings (SSSR count). The number of hydrogen-bond donors (Lipinski definition) is 3. The molecule has 1 aromatic carbocycles. The number of benzene rings is 1. The molecule has 0 amide bonds. The molecule has 0 aliphatic carbocycles. The van der Waals surface area contributed by atoms with E-state index in [-0.39, 0.29) is 29.8 Å². The lowest BCUT2D eigenvalue weighted by Gasteiger charge is -2.12. The van der Waals surface area contributed by atoms with Crippen molar-refractivity contribution in [3.05, 3.63) is 35.8 Å². The van der Waals surface area contributed by atoms with Gasteiger partial charge < -0.3 is 15.6 Å². The Labute approximate surface area is 169 Å². The summed E-state index contributed by atoms with van der Waals surface area (Å²) in [5.74, 6) is 1.94. The van der Waals surface area contributed by atoms with Crippen molar-refractivity contribution in [3.63, 3.8) is 0 Å². The molecule has 1 aliphatic rings. The summed E-state index contributed by atoms with van der Waals surface area (Å²) in [6.07, 6.45) is 5.37. The second-order valence-electron chi connectivity index (χ2n) is 6.04. The van der Waals surface area contributed by atoms with E-state index >= 15 is 0 Å². The maximum absolute atomic E-state index is 13.4. The molecule has 1 atom stereocenters. The first-order valence-corrected chi connectivity index (χ1v) is 9.70. The molecule has 138 valence electrons. The molecule has 25 heavy (non-hydrogen) atoms. The van der Waals surface area contributed by atoms with Crippen LogP contribution < -0.4 is 10.6 Å². The number of fused-ring (bicyclic) bond motifs is 1. The number of guanidine groups is 1. The summed E-state index contributed by atoms with van der Waals surface area (Å²) in [6, 6.07) is 4.86. The van der Waals surface area contributed by atoms with E-state index in [2.05, 4.69) is 22.5 Å². The molecule has 1 aromatic heterocycles. The molecule has 0 saturated carbocycles. The lowest BCUT2D eigenvalue weighted by molar-refractivity contribution is 0.629. The van der Waals surface area contributed by atoms with Crippen molar-refractivity contribution >= 4 is 52.6 Å². The van der Waals surface area contributed by atoms with Crippen molar-refractivity contribution in [2.24, 2.45) is 4.99 Å². The summed E-state index contributed by atoms with van der Waals surface area (Å²) in [4.78, 5) is 7.89. The molecule has 1 unspecified atom stereocenters. The zero-order valence-electron chi connectivity index (χ0n) is 14.5. The third-order valence-electron chi connectivity index (χ3n) is 4.24. The fourth-order valence-electron chi connectivity index (χ4n) is 3.00. The fraction of sp³-hybridized carbons (Fsp3) is 0.500. The Hall–Kier alpha value is -0.960. The van der Waals surface area contributed by atoms with Gasteiger partial charge in [-0.15, -0.1) is 24.0 Å². The molecular weight excluding hydrogens is 450 g/mol. The smallest absolute Gasteiger partial charge is 0.191 e. The van der Waals surface area contributed by atoms with Crippen molar-refractivity contribution in [1.82, 2.24) is 15.6 Å². The van der Waals surface area contributed by atoms with Crippen LogP contribution in [0.2, 0.25) is 0 Å². The number of nitrogens with zero attached hydrogens (tertiary/aromatic N) is 1. The summed E-state index contributed by atoms with van der Waals surface area (Å²) in [5.41, 5.74) is 2.10. The lowest BCUT2D eigenvalue weighted by Crippen LogP contribution is -2.38. The van der Waals surface area contributed by atoms with Crippen LogP contribution in [0.4, 0.5) is 4.39 Å². The van der Waals surface area contributed by atoms with Gasteiger partial charge in [0.15, 0.2) is 5.96 Å². The Morgan fingerprint density at radius 1 is 1.40 bits per heavy atom. The number of hydrogen-bond acceptors (Lipinski definition) is 2. The van der Waals surface area contributed by atoms with E-state index in [1.54, 1.807) is 12.1 Å². The molecular formula is C18H26FIN4S. The molecule has 0 bridgehead atoms. The monoisotopic (exact) mass is 476 g/mol. The summed E-state index contributed by atoms with van der Waals surface area (Å²) in [7, 11) is 0. The van der Waals surface area contributed by atoms with Gasteiger partial charge >= 0.3 is 0 Å². The second kappa shape index (κ2) is 10.3. The highest BCUT2D eigenvalue weighted by Gasteiger charge is 2.15. The first-order chi connectivity index (χ1) is 11.8. The van der Waals surface area contributed by atoms with Crippen molar-refractivity contribution in [3.8, 4) is 0 Å². The summed E-state index contributed by atoms with van der Waals surface area (Å²) in [6.45, 7) is 4.57. The topological polar surface area (TPSA) is 52.2 Å². The zero-order valence-corrected chi connectivity index (χ0v) is 17.6. The molecule has 0 spiro atoms. The Bertz CT molecular complexity index is 697. The van der Waals surface area contributed by atoms with Crippen LogP contribution in [0.1, 0.15) is 25.3 Å². The van der Waals surface area contributed by atoms with Crippen LogP contribution in [0.3, 0.4) is 0 Å². The van der Waals surface area contributed by atoms with Gasteiger partial charge in [-0.05, 0) is 55.7 Å². The minimum absolute atomic E-state index is 0. The van der Waals surface area contributed by atoms with Crippen LogP contribution in [0.25, 0.3) is 10.9 Å². The Morgan fingerprint density at radius 2 is 2.28 bits per heavy atom. The van der Waals surface area contributed by atoms with Crippen LogP contribution in [0.15, 0.2) is 29.4 Å². The highest BCUT2D eigenvalue weighted by Crippen LogP contribution is 2.26. The normalized spacial score (nSPS) is 17.5. The molecule has 2 heterocycles. The minimum atomic E-state index is -0.194. The van der Waals surface area contributed by atoms with E-state index < -0.39 is 0 Å². The Kier molecular flexibility index (Phi) is 8.35. The van der Waals surface area contributed by atoms with Gasteiger partial charge in [0.1, 0.15) is 5.82 Å². The molecule has 0 radical (unpaired) electrons. The SMILES string of the molecule is CCNC(=NCC1CCCS1)NCCc1c[nH]c2ccc(F)cc12.I. The fourth-order valence-corrected chi connectivity index (χ4v) is 4.18. The number of H-pyrrole nitrogens is 1. The number of halogens is 2. The van der Waals surface area contributed by atoms with Gasteiger partial charge in [0, 0.05) is 35.4 Å².